The van der Waals surface area contributed by atoms with Crippen LogP contribution in [-0.2, 0) is 0 Å². The molecule has 0 unspecified atom stereocenters. The zero-order valence-corrected chi connectivity index (χ0v) is 8.88. The smallest absolute Gasteiger partial charge is 0.174 e. The molecule has 1 aromatic rings. The Labute approximate surface area is 84.5 Å². The van der Waals surface area contributed by atoms with Gasteiger partial charge in [0.2, 0.25) is 0 Å². The van der Waals surface area contributed by atoms with E-state index in [0.29, 0.717) is 22.1 Å². The molecule has 1 aromatic carbocycles. The first kappa shape index (κ1) is 10.1. The summed E-state index contributed by atoms with van der Waals surface area (Å²) >= 11 is 3.24. The van der Waals surface area contributed by atoms with Crippen LogP contribution in [0.1, 0.15) is 15.9 Å². The van der Waals surface area contributed by atoms with E-state index in [2.05, 4.69) is 15.9 Å². The van der Waals surface area contributed by atoms with Gasteiger partial charge < -0.3 is 9.84 Å². The highest BCUT2D eigenvalue weighted by atomic mass is 79.9. The minimum atomic E-state index is -0.0397. The summed E-state index contributed by atoms with van der Waals surface area (Å²) in [6.45, 7) is 1.77. The van der Waals surface area contributed by atoms with Crippen molar-refractivity contribution in [2.75, 3.05) is 7.11 Å². The SMILES string of the molecule is COc1c(O)cc(C=O)c(C)c1Br. The van der Waals surface area contributed by atoms with Crippen molar-refractivity contribution >= 4 is 22.2 Å². The predicted octanol–water partition coefficient (Wildman–Crippen LogP) is 2.28. The van der Waals surface area contributed by atoms with Gasteiger partial charge in [-0.05, 0) is 34.5 Å². The molecule has 0 radical (unpaired) electrons. The van der Waals surface area contributed by atoms with E-state index < -0.39 is 0 Å². The van der Waals surface area contributed by atoms with E-state index in [1.54, 1.807) is 6.92 Å². The number of halogens is 1. The molecule has 0 spiro atoms. The van der Waals surface area contributed by atoms with Gasteiger partial charge in [-0.25, -0.2) is 0 Å². The number of benzene rings is 1. The van der Waals surface area contributed by atoms with Crippen LogP contribution in [0.3, 0.4) is 0 Å². The third-order valence-electron chi connectivity index (χ3n) is 1.82. The van der Waals surface area contributed by atoms with Gasteiger partial charge in [-0.2, -0.15) is 0 Å². The van der Waals surface area contributed by atoms with Crippen LogP contribution < -0.4 is 4.74 Å². The van der Waals surface area contributed by atoms with Gasteiger partial charge in [0.05, 0.1) is 11.6 Å². The molecule has 0 saturated heterocycles. The monoisotopic (exact) mass is 244 g/mol. The van der Waals surface area contributed by atoms with Crippen molar-refractivity contribution in [1.29, 1.82) is 0 Å². The van der Waals surface area contributed by atoms with Crippen LogP contribution in [-0.4, -0.2) is 18.5 Å². The number of carbonyl (C=O) groups is 1. The number of hydrogen-bond acceptors (Lipinski definition) is 3. The van der Waals surface area contributed by atoms with Crippen molar-refractivity contribution in [3.8, 4) is 11.5 Å². The van der Waals surface area contributed by atoms with E-state index in [4.69, 9.17) is 4.74 Å². The average Bonchev–Trinajstić information content (AvgIpc) is 2.12. The molecular formula is C9H9BrO3. The second-order valence-electron chi connectivity index (χ2n) is 2.58. The molecule has 70 valence electrons. The maximum atomic E-state index is 10.6. The Bertz CT molecular complexity index is 347. The molecule has 0 aliphatic rings. The molecule has 1 N–H and O–H groups in total. The van der Waals surface area contributed by atoms with E-state index in [1.165, 1.54) is 13.2 Å². The molecule has 0 bridgehead atoms. The highest BCUT2D eigenvalue weighted by Crippen LogP contribution is 2.38. The predicted molar refractivity (Wildman–Crippen MR) is 52.5 cm³/mol. The summed E-state index contributed by atoms with van der Waals surface area (Å²) in [4.78, 5) is 10.6. The summed E-state index contributed by atoms with van der Waals surface area (Å²) in [5, 5.41) is 9.41. The quantitative estimate of drug-likeness (QED) is 0.813. The van der Waals surface area contributed by atoms with Crippen LogP contribution in [0.2, 0.25) is 0 Å². The third-order valence-corrected chi connectivity index (χ3v) is 2.77. The molecule has 0 saturated carbocycles. The lowest BCUT2D eigenvalue weighted by Crippen LogP contribution is -1.93. The van der Waals surface area contributed by atoms with E-state index in [1.807, 2.05) is 0 Å². The van der Waals surface area contributed by atoms with Crippen LogP contribution in [0.5, 0.6) is 11.5 Å². The van der Waals surface area contributed by atoms with Gasteiger partial charge in [-0.1, -0.05) is 0 Å². The summed E-state index contributed by atoms with van der Waals surface area (Å²) in [5.41, 5.74) is 1.20. The summed E-state index contributed by atoms with van der Waals surface area (Å²) in [7, 11) is 1.46. The van der Waals surface area contributed by atoms with Gasteiger partial charge >= 0.3 is 0 Å². The fourth-order valence-corrected chi connectivity index (χ4v) is 1.64. The van der Waals surface area contributed by atoms with Gasteiger partial charge in [0.1, 0.15) is 6.29 Å². The van der Waals surface area contributed by atoms with Gasteiger partial charge in [0.15, 0.2) is 11.5 Å². The Morgan fingerprint density at radius 2 is 2.23 bits per heavy atom. The number of aromatic hydroxyl groups is 1. The Kier molecular flexibility index (Phi) is 2.93. The van der Waals surface area contributed by atoms with Gasteiger partial charge in [-0.15, -0.1) is 0 Å². The zero-order valence-electron chi connectivity index (χ0n) is 7.30. The molecule has 4 heteroatoms. The van der Waals surface area contributed by atoms with Crippen LogP contribution in [0.25, 0.3) is 0 Å². The van der Waals surface area contributed by atoms with Crippen molar-refractivity contribution in [2.45, 2.75) is 6.92 Å². The maximum absolute atomic E-state index is 10.6. The molecule has 3 nitrogen and oxygen atoms in total. The lowest BCUT2D eigenvalue weighted by atomic mass is 10.1. The Morgan fingerprint density at radius 3 is 2.69 bits per heavy atom. The topological polar surface area (TPSA) is 46.5 Å². The first-order valence-corrected chi connectivity index (χ1v) is 4.42. The second-order valence-corrected chi connectivity index (χ2v) is 3.37. The summed E-state index contributed by atoms with van der Waals surface area (Å²) < 4.78 is 5.55. The van der Waals surface area contributed by atoms with Crippen molar-refractivity contribution in [3.05, 3.63) is 21.7 Å². The van der Waals surface area contributed by atoms with E-state index in [-0.39, 0.29) is 5.75 Å². The van der Waals surface area contributed by atoms with Crippen LogP contribution in [0, 0.1) is 6.92 Å². The van der Waals surface area contributed by atoms with E-state index >= 15 is 0 Å². The number of hydrogen-bond donors (Lipinski definition) is 1. The molecule has 0 aliphatic carbocycles. The highest BCUT2D eigenvalue weighted by molar-refractivity contribution is 9.10. The Morgan fingerprint density at radius 1 is 1.62 bits per heavy atom. The van der Waals surface area contributed by atoms with Gasteiger partial charge in [0.25, 0.3) is 0 Å². The standard InChI is InChI=1S/C9H9BrO3/c1-5-6(4-11)3-7(12)9(13-2)8(5)10/h3-4,12H,1-2H3. The van der Waals surface area contributed by atoms with Gasteiger partial charge in [-0.3, -0.25) is 4.79 Å². The summed E-state index contributed by atoms with van der Waals surface area (Å²) in [6, 6.07) is 1.38. The number of phenols is 1. The van der Waals surface area contributed by atoms with Crippen LogP contribution in [0.15, 0.2) is 10.5 Å². The fraction of sp³-hybridized carbons (Fsp3) is 0.222. The number of carbonyl (C=O) groups excluding carboxylic acids is 1. The van der Waals surface area contributed by atoms with E-state index in [9.17, 15) is 9.90 Å². The van der Waals surface area contributed by atoms with Crippen molar-refractivity contribution in [1.82, 2.24) is 0 Å². The molecule has 0 fully saturated rings. The minimum Gasteiger partial charge on any atom is -0.504 e. The molecule has 0 aromatic heterocycles. The van der Waals surface area contributed by atoms with Crippen molar-refractivity contribution < 1.29 is 14.6 Å². The van der Waals surface area contributed by atoms with Crippen molar-refractivity contribution in [3.63, 3.8) is 0 Å². The maximum Gasteiger partial charge on any atom is 0.174 e. The molecule has 0 amide bonds. The average molecular weight is 245 g/mol. The number of aldehydes is 1. The lowest BCUT2D eigenvalue weighted by molar-refractivity contribution is 0.112. The molecule has 0 heterocycles. The zero-order chi connectivity index (χ0) is 10.0. The van der Waals surface area contributed by atoms with Gasteiger partial charge in [0, 0.05) is 5.56 Å². The first-order chi connectivity index (χ1) is 6.11. The minimum absolute atomic E-state index is 0.0397. The lowest BCUT2D eigenvalue weighted by Gasteiger charge is -2.09. The van der Waals surface area contributed by atoms with E-state index in [0.717, 1.165) is 5.56 Å². The van der Waals surface area contributed by atoms with Crippen LogP contribution in [0.4, 0.5) is 0 Å². The summed E-state index contributed by atoms with van der Waals surface area (Å²) in [5.74, 6) is 0.310. The molecule has 0 atom stereocenters. The number of methoxy groups -OCH3 is 1. The molecule has 1 rings (SSSR count). The molecule has 13 heavy (non-hydrogen) atoms. The molecule has 0 aliphatic heterocycles. The first-order valence-electron chi connectivity index (χ1n) is 3.63. The summed E-state index contributed by atoms with van der Waals surface area (Å²) in [6.07, 6.45) is 0.694. The Balaban J connectivity index is 3.45. The highest BCUT2D eigenvalue weighted by Gasteiger charge is 2.12. The Hall–Kier alpha value is -1.03. The second kappa shape index (κ2) is 3.79. The van der Waals surface area contributed by atoms with Crippen LogP contribution >= 0.6 is 15.9 Å². The fourth-order valence-electron chi connectivity index (χ4n) is 1.05. The number of ether oxygens (including phenoxy) is 1. The largest absolute Gasteiger partial charge is 0.504 e. The number of phenolic OH excluding ortho intramolecular Hbond substituents is 1. The normalized spacial score (nSPS) is 9.77. The molecular weight excluding hydrogens is 236 g/mol. The van der Waals surface area contributed by atoms with Crippen molar-refractivity contribution in [2.24, 2.45) is 0 Å². The number of rotatable bonds is 2. The third kappa shape index (κ3) is 1.67.